The van der Waals surface area contributed by atoms with Gasteiger partial charge in [0.15, 0.2) is 0 Å². The zero-order valence-electron chi connectivity index (χ0n) is 9.50. The molecule has 6 nitrogen and oxygen atoms in total. The minimum absolute atomic E-state index is 0.107. The van der Waals surface area contributed by atoms with Crippen LogP contribution >= 0.6 is 0 Å². The lowest BCUT2D eigenvalue weighted by Crippen LogP contribution is -2.50. The fourth-order valence-electron chi connectivity index (χ4n) is 1.53. The summed E-state index contributed by atoms with van der Waals surface area (Å²) < 4.78 is 14.9. The zero-order chi connectivity index (χ0) is 12.3. The fraction of sp³-hybridized carbons (Fsp3) is 0.800. The molecule has 1 aliphatic heterocycles. The molecule has 0 aromatic carbocycles. The molecule has 1 N–H and O–H groups in total. The van der Waals surface area contributed by atoms with Gasteiger partial charge in [-0.2, -0.15) is 0 Å². The van der Waals surface area contributed by atoms with Gasteiger partial charge in [0.25, 0.3) is 0 Å². The Balaban J connectivity index is 2.57. The topological polar surface area (TPSA) is 82.1 Å². The van der Waals surface area contributed by atoms with E-state index in [0.29, 0.717) is 0 Å². The molecule has 6 heteroatoms. The summed E-state index contributed by atoms with van der Waals surface area (Å²) in [5.41, 5.74) is 0. The van der Waals surface area contributed by atoms with Gasteiger partial charge in [-0.25, -0.2) is 0 Å². The highest BCUT2D eigenvalue weighted by Crippen LogP contribution is 2.24. The molecule has 92 valence electrons. The Labute approximate surface area is 93.5 Å². The van der Waals surface area contributed by atoms with E-state index >= 15 is 0 Å². The van der Waals surface area contributed by atoms with E-state index in [2.05, 4.69) is 0 Å². The van der Waals surface area contributed by atoms with Gasteiger partial charge in [-0.05, 0) is 0 Å². The van der Waals surface area contributed by atoms with E-state index in [-0.39, 0.29) is 12.5 Å². The van der Waals surface area contributed by atoms with Crippen molar-refractivity contribution in [1.29, 1.82) is 0 Å². The summed E-state index contributed by atoms with van der Waals surface area (Å²) in [5.74, 6) is -1.30. The molecule has 1 heterocycles. The standard InChI is InChI=1S/C10H16O6/c1-5-8(15-6(2)11)4-14-10(9(5)13)16-7(3)12/h5,8-10,13H,4H2,1-3H3. The number of aliphatic hydroxyl groups is 1. The number of esters is 2. The Morgan fingerprint density at radius 1 is 1.25 bits per heavy atom. The minimum Gasteiger partial charge on any atom is -0.460 e. The first kappa shape index (κ1) is 12.9. The smallest absolute Gasteiger partial charge is 0.305 e. The van der Waals surface area contributed by atoms with Crippen molar-refractivity contribution in [1.82, 2.24) is 0 Å². The molecule has 1 fully saturated rings. The maximum atomic E-state index is 10.8. The molecule has 1 rings (SSSR count). The van der Waals surface area contributed by atoms with Crippen LogP contribution in [-0.2, 0) is 23.8 Å². The quantitative estimate of drug-likeness (QED) is 0.666. The van der Waals surface area contributed by atoms with E-state index < -0.39 is 30.4 Å². The van der Waals surface area contributed by atoms with Crippen molar-refractivity contribution in [2.75, 3.05) is 6.61 Å². The third-order valence-electron chi connectivity index (χ3n) is 2.43. The van der Waals surface area contributed by atoms with Crippen LogP contribution in [-0.4, -0.2) is 42.1 Å². The molecule has 0 aliphatic carbocycles. The van der Waals surface area contributed by atoms with Gasteiger partial charge in [0.05, 0.1) is 6.61 Å². The normalized spacial score (nSPS) is 34.2. The van der Waals surface area contributed by atoms with Gasteiger partial charge in [0.2, 0.25) is 6.29 Å². The van der Waals surface area contributed by atoms with E-state index in [1.54, 1.807) is 6.92 Å². The third-order valence-corrected chi connectivity index (χ3v) is 2.43. The number of aliphatic hydroxyl groups excluding tert-OH is 1. The first-order chi connectivity index (χ1) is 7.41. The molecular weight excluding hydrogens is 216 g/mol. The molecule has 4 atom stereocenters. The molecular formula is C10H16O6. The summed E-state index contributed by atoms with van der Waals surface area (Å²) in [6.45, 7) is 4.34. The lowest BCUT2D eigenvalue weighted by molar-refractivity contribution is -0.251. The van der Waals surface area contributed by atoms with Crippen molar-refractivity contribution in [3.05, 3.63) is 0 Å². The van der Waals surface area contributed by atoms with Crippen molar-refractivity contribution in [2.24, 2.45) is 5.92 Å². The van der Waals surface area contributed by atoms with E-state index in [0.717, 1.165) is 0 Å². The van der Waals surface area contributed by atoms with Crippen LogP contribution in [0.25, 0.3) is 0 Å². The summed E-state index contributed by atoms with van der Waals surface area (Å²) in [6, 6.07) is 0. The summed E-state index contributed by atoms with van der Waals surface area (Å²) in [5, 5.41) is 9.78. The highest BCUT2D eigenvalue weighted by Gasteiger charge is 2.40. The maximum Gasteiger partial charge on any atom is 0.305 e. The first-order valence-corrected chi connectivity index (χ1v) is 5.06. The van der Waals surface area contributed by atoms with Gasteiger partial charge in [0.1, 0.15) is 12.2 Å². The summed E-state index contributed by atoms with van der Waals surface area (Å²) in [7, 11) is 0. The molecule has 4 unspecified atom stereocenters. The summed E-state index contributed by atoms with van der Waals surface area (Å²) in [4.78, 5) is 21.5. The van der Waals surface area contributed by atoms with Crippen molar-refractivity contribution in [2.45, 2.75) is 39.3 Å². The zero-order valence-corrected chi connectivity index (χ0v) is 9.50. The molecule has 1 saturated heterocycles. The molecule has 0 spiro atoms. The van der Waals surface area contributed by atoms with Gasteiger partial charge in [0, 0.05) is 19.8 Å². The number of hydrogen-bond donors (Lipinski definition) is 1. The Kier molecular flexibility index (Phi) is 4.26. The summed E-state index contributed by atoms with van der Waals surface area (Å²) >= 11 is 0. The van der Waals surface area contributed by atoms with Crippen LogP contribution in [0.5, 0.6) is 0 Å². The molecule has 0 amide bonds. The van der Waals surface area contributed by atoms with Crippen molar-refractivity contribution in [3.63, 3.8) is 0 Å². The van der Waals surface area contributed by atoms with Crippen LogP contribution in [0.4, 0.5) is 0 Å². The molecule has 1 aliphatic rings. The lowest BCUT2D eigenvalue weighted by atomic mass is 9.95. The van der Waals surface area contributed by atoms with Gasteiger partial charge in [-0.15, -0.1) is 0 Å². The van der Waals surface area contributed by atoms with Crippen LogP contribution in [0.15, 0.2) is 0 Å². The monoisotopic (exact) mass is 232 g/mol. The number of rotatable bonds is 2. The molecule has 0 radical (unpaired) electrons. The Bertz CT molecular complexity index is 248. The predicted octanol–water partition coefficient (Wildman–Crippen LogP) is -0.166. The third kappa shape index (κ3) is 3.18. The molecule has 0 saturated carbocycles. The Hall–Kier alpha value is -1.14. The highest BCUT2D eigenvalue weighted by molar-refractivity contribution is 5.66. The van der Waals surface area contributed by atoms with Crippen LogP contribution in [0.3, 0.4) is 0 Å². The first-order valence-electron chi connectivity index (χ1n) is 5.06. The van der Waals surface area contributed by atoms with Crippen molar-refractivity contribution in [3.8, 4) is 0 Å². The van der Waals surface area contributed by atoms with Crippen molar-refractivity contribution < 1.29 is 28.9 Å². The molecule has 0 bridgehead atoms. The van der Waals surface area contributed by atoms with Crippen LogP contribution < -0.4 is 0 Å². The average Bonchev–Trinajstić information content (AvgIpc) is 2.16. The van der Waals surface area contributed by atoms with Gasteiger partial charge < -0.3 is 19.3 Å². The van der Waals surface area contributed by atoms with Gasteiger partial charge in [-0.1, -0.05) is 6.92 Å². The summed E-state index contributed by atoms with van der Waals surface area (Å²) in [6.07, 6.45) is -2.50. The Morgan fingerprint density at radius 3 is 2.31 bits per heavy atom. The highest BCUT2D eigenvalue weighted by atomic mass is 16.7. The largest absolute Gasteiger partial charge is 0.460 e. The van der Waals surface area contributed by atoms with Crippen molar-refractivity contribution >= 4 is 11.9 Å². The number of carbonyl (C=O) groups excluding carboxylic acids is 2. The number of hydrogen-bond acceptors (Lipinski definition) is 6. The number of ether oxygens (including phenoxy) is 3. The second kappa shape index (κ2) is 5.27. The van der Waals surface area contributed by atoms with E-state index in [1.807, 2.05) is 0 Å². The average molecular weight is 232 g/mol. The fourth-order valence-corrected chi connectivity index (χ4v) is 1.53. The van der Waals surface area contributed by atoms with Gasteiger partial charge in [-0.3, -0.25) is 9.59 Å². The van der Waals surface area contributed by atoms with E-state index in [1.165, 1.54) is 13.8 Å². The van der Waals surface area contributed by atoms with Crippen LogP contribution in [0.2, 0.25) is 0 Å². The van der Waals surface area contributed by atoms with Crippen LogP contribution in [0.1, 0.15) is 20.8 Å². The van der Waals surface area contributed by atoms with Crippen LogP contribution in [0, 0.1) is 5.92 Å². The Morgan fingerprint density at radius 2 is 1.81 bits per heavy atom. The minimum atomic E-state index is -0.998. The molecule has 16 heavy (non-hydrogen) atoms. The molecule has 0 aromatic heterocycles. The van der Waals surface area contributed by atoms with Gasteiger partial charge >= 0.3 is 11.9 Å². The second-order valence-electron chi connectivity index (χ2n) is 3.81. The number of carbonyl (C=O) groups is 2. The second-order valence-corrected chi connectivity index (χ2v) is 3.81. The van der Waals surface area contributed by atoms with E-state index in [4.69, 9.17) is 14.2 Å². The molecule has 0 aromatic rings. The maximum absolute atomic E-state index is 10.8. The van der Waals surface area contributed by atoms with E-state index in [9.17, 15) is 14.7 Å². The predicted molar refractivity (Wildman–Crippen MR) is 52.2 cm³/mol. The lowest BCUT2D eigenvalue weighted by Gasteiger charge is -2.36. The SMILES string of the molecule is CC(=O)OC1COC(OC(C)=O)C(O)C1C.